The smallest absolute Gasteiger partial charge is 0.330 e. The molecule has 0 radical (unpaired) electrons. The molecule has 1 aliphatic rings. The van der Waals surface area contributed by atoms with Crippen molar-refractivity contribution in [2.45, 2.75) is 25.1 Å². The van der Waals surface area contributed by atoms with Crippen LogP contribution >= 0.6 is 23.2 Å². The first kappa shape index (κ1) is 31.6. The number of anilines is 2. The lowest BCUT2D eigenvalue weighted by molar-refractivity contribution is -0.0281. The molecule has 0 bridgehead atoms. The van der Waals surface area contributed by atoms with Crippen LogP contribution in [-0.4, -0.2) is 61.7 Å². The maximum absolute atomic E-state index is 13.1. The first-order chi connectivity index (χ1) is 22.2. The monoisotopic (exact) mass is 663 g/mol. The number of ether oxygens (including phenoxy) is 2. The van der Waals surface area contributed by atoms with E-state index in [1.165, 1.54) is 24.9 Å². The molecule has 0 aliphatic carbocycles. The van der Waals surface area contributed by atoms with Crippen molar-refractivity contribution in [3.8, 4) is 28.3 Å². The summed E-state index contributed by atoms with van der Waals surface area (Å²) in [6, 6.07) is 12.4. The fourth-order valence-corrected chi connectivity index (χ4v) is 6.12. The molecule has 0 saturated carbocycles. The Morgan fingerprint density at radius 3 is 2.52 bits per heavy atom. The van der Waals surface area contributed by atoms with E-state index in [1.807, 2.05) is 30.3 Å². The molecule has 5 aromatic rings. The van der Waals surface area contributed by atoms with E-state index in [0.717, 1.165) is 4.57 Å². The van der Waals surface area contributed by atoms with Crippen molar-refractivity contribution < 1.29 is 14.6 Å². The SMILES string of the molecule is COc1nc(-c2cccc(-c3cccc(Nc4nccc5c4c(=O)n(C)c(=O)n5C)c3Cl)c2Cl)cnc1CNC1CCOCC1O. The average Bonchev–Trinajstić information content (AvgIpc) is 3.07. The standard InChI is InChI=1S/C32H31Cl2N7O5/c1-40-24-10-12-35-29(26(24)31(43)41(2)32(40)44)38-21-9-5-7-18(28(21)34)17-6-4-8-19(27(17)33)22-14-37-23(30(39-22)45-3)15-36-20-11-13-46-16-25(20)42/h4-10,12,14,20,25,36,42H,11,13,15-16H2,1-3H3,(H,35,38). The van der Waals surface area contributed by atoms with Gasteiger partial charge in [-0.05, 0) is 18.6 Å². The van der Waals surface area contributed by atoms with Crippen LogP contribution in [0, 0.1) is 0 Å². The second-order valence-corrected chi connectivity index (χ2v) is 11.6. The van der Waals surface area contributed by atoms with E-state index < -0.39 is 17.4 Å². The third kappa shape index (κ3) is 5.85. The van der Waals surface area contributed by atoms with Crippen LogP contribution in [0.1, 0.15) is 12.1 Å². The van der Waals surface area contributed by atoms with Gasteiger partial charge in [0.25, 0.3) is 5.56 Å². The Kier molecular flexibility index (Phi) is 9.07. The van der Waals surface area contributed by atoms with Gasteiger partial charge in [-0.3, -0.25) is 18.9 Å². The molecule has 6 rings (SSSR count). The maximum atomic E-state index is 13.1. The van der Waals surface area contributed by atoms with Crippen molar-refractivity contribution in [1.82, 2.24) is 29.4 Å². The molecular formula is C32H31Cl2N7O5. The zero-order valence-corrected chi connectivity index (χ0v) is 26.8. The van der Waals surface area contributed by atoms with Gasteiger partial charge < -0.3 is 25.2 Å². The van der Waals surface area contributed by atoms with E-state index in [9.17, 15) is 14.7 Å². The fourth-order valence-electron chi connectivity index (χ4n) is 5.52. The number of halogens is 2. The number of pyridine rings is 1. The van der Waals surface area contributed by atoms with Gasteiger partial charge in [0.2, 0.25) is 5.88 Å². The minimum absolute atomic E-state index is 0.114. The molecule has 4 heterocycles. The van der Waals surface area contributed by atoms with E-state index in [0.29, 0.717) is 81.4 Å². The van der Waals surface area contributed by atoms with Gasteiger partial charge in [0.1, 0.15) is 16.9 Å². The molecule has 0 amide bonds. The summed E-state index contributed by atoms with van der Waals surface area (Å²) in [6.45, 7) is 1.23. The van der Waals surface area contributed by atoms with Crippen molar-refractivity contribution in [1.29, 1.82) is 0 Å². The summed E-state index contributed by atoms with van der Waals surface area (Å²) in [6.07, 6.45) is 3.24. The molecule has 3 aromatic heterocycles. The zero-order valence-electron chi connectivity index (χ0n) is 25.3. The minimum Gasteiger partial charge on any atom is -0.480 e. The van der Waals surface area contributed by atoms with E-state index in [1.54, 1.807) is 25.4 Å². The Balaban J connectivity index is 1.32. The predicted octanol–water partition coefficient (Wildman–Crippen LogP) is 4.05. The lowest BCUT2D eigenvalue weighted by Gasteiger charge is -2.28. The van der Waals surface area contributed by atoms with Crippen molar-refractivity contribution in [3.05, 3.63) is 91.4 Å². The van der Waals surface area contributed by atoms with Gasteiger partial charge in [0.15, 0.2) is 0 Å². The highest BCUT2D eigenvalue weighted by molar-refractivity contribution is 6.39. The summed E-state index contributed by atoms with van der Waals surface area (Å²) in [5, 5.41) is 17.7. The number of hydrogen-bond donors (Lipinski definition) is 3. The van der Waals surface area contributed by atoms with Gasteiger partial charge in [-0.2, -0.15) is 0 Å². The number of benzene rings is 2. The largest absolute Gasteiger partial charge is 0.480 e. The second-order valence-electron chi connectivity index (χ2n) is 10.8. The lowest BCUT2D eigenvalue weighted by Crippen LogP contribution is -2.46. The number of nitrogens with one attached hydrogen (secondary N) is 2. The predicted molar refractivity (Wildman–Crippen MR) is 177 cm³/mol. The number of aromatic nitrogens is 5. The summed E-state index contributed by atoms with van der Waals surface area (Å²) >= 11 is 13.9. The van der Waals surface area contributed by atoms with Crippen LogP contribution in [-0.2, 0) is 25.4 Å². The average molecular weight is 665 g/mol. The molecule has 2 aromatic carbocycles. The minimum atomic E-state index is -0.597. The number of fused-ring (bicyclic) bond motifs is 1. The van der Waals surface area contributed by atoms with Crippen molar-refractivity contribution in [2.24, 2.45) is 14.1 Å². The number of nitrogens with zero attached hydrogens (tertiary/aromatic N) is 5. The summed E-state index contributed by atoms with van der Waals surface area (Å²) < 4.78 is 13.3. The van der Waals surface area contributed by atoms with E-state index in [2.05, 4.69) is 25.6 Å². The molecule has 12 nitrogen and oxygen atoms in total. The molecule has 46 heavy (non-hydrogen) atoms. The summed E-state index contributed by atoms with van der Waals surface area (Å²) in [4.78, 5) is 39.2. The number of aliphatic hydroxyl groups excluding tert-OH is 1. The normalized spacial score (nSPS) is 16.5. The van der Waals surface area contributed by atoms with Crippen LogP contribution in [0.2, 0.25) is 10.0 Å². The number of hydrogen-bond acceptors (Lipinski definition) is 10. The Morgan fingerprint density at radius 1 is 1.02 bits per heavy atom. The molecule has 2 unspecified atom stereocenters. The van der Waals surface area contributed by atoms with Gasteiger partial charge in [0.05, 0.1) is 53.0 Å². The van der Waals surface area contributed by atoms with Crippen LogP contribution in [0.4, 0.5) is 11.5 Å². The molecule has 238 valence electrons. The highest BCUT2D eigenvalue weighted by Gasteiger charge is 2.24. The van der Waals surface area contributed by atoms with E-state index >= 15 is 0 Å². The van der Waals surface area contributed by atoms with Crippen molar-refractivity contribution >= 4 is 45.6 Å². The zero-order chi connectivity index (χ0) is 32.5. The summed E-state index contributed by atoms with van der Waals surface area (Å²) in [7, 11) is 4.54. The van der Waals surface area contributed by atoms with Crippen LogP contribution in [0.15, 0.2) is 64.4 Å². The van der Waals surface area contributed by atoms with E-state index in [-0.39, 0.29) is 17.2 Å². The Bertz CT molecular complexity index is 2070. The van der Waals surface area contributed by atoms with Crippen molar-refractivity contribution in [3.63, 3.8) is 0 Å². The van der Waals surface area contributed by atoms with Gasteiger partial charge in [-0.1, -0.05) is 53.5 Å². The lowest BCUT2D eigenvalue weighted by atomic mass is 10.0. The highest BCUT2D eigenvalue weighted by Crippen LogP contribution is 2.42. The highest BCUT2D eigenvalue weighted by atomic mass is 35.5. The van der Waals surface area contributed by atoms with Gasteiger partial charge in [0, 0.05) is 56.2 Å². The molecule has 0 spiro atoms. The number of aryl methyl sites for hydroxylation is 1. The fraction of sp³-hybridized carbons (Fsp3) is 0.281. The Morgan fingerprint density at radius 2 is 1.76 bits per heavy atom. The Labute approximate surface area is 273 Å². The molecule has 3 N–H and O–H groups in total. The van der Waals surface area contributed by atoms with Crippen molar-refractivity contribution in [2.75, 3.05) is 25.6 Å². The quantitative estimate of drug-likeness (QED) is 0.222. The van der Waals surface area contributed by atoms with Gasteiger partial charge >= 0.3 is 5.69 Å². The summed E-state index contributed by atoms with van der Waals surface area (Å²) in [5.41, 5.74) is 3.02. The molecular weight excluding hydrogens is 633 g/mol. The molecule has 1 fully saturated rings. The van der Waals surface area contributed by atoms with E-state index in [4.69, 9.17) is 32.7 Å². The number of aliphatic hydroxyl groups is 1. The maximum Gasteiger partial charge on any atom is 0.330 e. The number of methoxy groups -OCH3 is 1. The van der Waals surface area contributed by atoms with Crippen LogP contribution in [0.3, 0.4) is 0 Å². The second kappa shape index (κ2) is 13.2. The first-order valence-corrected chi connectivity index (χ1v) is 15.2. The molecule has 1 saturated heterocycles. The van der Waals surface area contributed by atoms with Crippen LogP contribution < -0.4 is 26.6 Å². The molecule has 2 atom stereocenters. The van der Waals surface area contributed by atoms with Crippen LogP contribution in [0.25, 0.3) is 33.3 Å². The molecule has 1 aliphatic heterocycles. The number of rotatable bonds is 8. The third-order valence-electron chi connectivity index (χ3n) is 8.06. The third-order valence-corrected chi connectivity index (χ3v) is 8.88. The summed E-state index contributed by atoms with van der Waals surface area (Å²) in [5.74, 6) is 0.597. The van der Waals surface area contributed by atoms with Gasteiger partial charge in [-0.15, -0.1) is 0 Å². The first-order valence-electron chi connectivity index (χ1n) is 14.5. The molecule has 14 heteroatoms. The van der Waals surface area contributed by atoms with Crippen LogP contribution in [0.5, 0.6) is 5.88 Å². The topological polar surface area (TPSA) is 145 Å². The Hall–Kier alpha value is -4.33. The van der Waals surface area contributed by atoms with Gasteiger partial charge in [-0.25, -0.2) is 14.8 Å².